The maximum absolute atomic E-state index is 12.6. The molecule has 8 heteroatoms. The second-order valence-corrected chi connectivity index (χ2v) is 4.42. The molecule has 1 heterocycles. The number of hydrogen-bond acceptors (Lipinski definition) is 4. The normalized spacial score (nSPS) is 20.6. The van der Waals surface area contributed by atoms with E-state index in [2.05, 4.69) is 15.5 Å². The Morgan fingerprint density at radius 3 is 2.44 bits per heavy atom. The van der Waals surface area contributed by atoms with Gasteiger partial charge < -0.3 is 9.73 Å². The van der Waals surface area contributed by atoms with E-state index in [0.29, 0.717) is 0 Å². The van der Waals surface area contributed by atoms with Crippen LogP contribution in [0.4, 0.5) is 19.2 Å². The van der Waals surface area contributed by atoms with Crippen molar-refractivity contribution in [2.75, 3.05) is 5.32 Å². The van der Waals surface area contributed by atoms with Crippen LogP contribution in [0.2, 0.25) is 0 Å². The second-order valence-electron chi connectivity index (χ2n) is 3.77. The number of aromatic nitrogens is 2. The molecule has 0 aromatic carbocycles. The van der Waals surface area contributed by atoms with E-state index in [4.69, 9.17) is 16.0 Å². The molecule has 1 fully saturated rings. The van der Waals surface area contributed by atoms with Crippen LogP contribution < -0.4 is 5.32 Å². The van der Waals surface area contributed by atoms with Gasteiger partial charge >= 0.3 is 12.2 Å². The Bertz CT molecular complexity index is 386. The van der Waals surface area contributed by atoms with Gasteiger partial charge in [0.25, 0.3) is 0 Å². The standard InChI is InChI=1S/C8H9ClF3N3O/c1-4(9)5-14-15-6(16-5)13-7(2-3-7)8(10,11)12/h4H,2-3H2,1H3,(H,13,15). The van der Waals surface area contributed by atoms with E-state index in [1.165, 1.54) is 0 Å². The van der Waals surface area contributed by atoms with Crippen molar-refractivity contribution in [2.24, 2.45) is 0 Å². The van der Waals surface area contributed by atoms with Crippen molar-refractivity contribution in [1.82, 2.24) is 10.2 Å². The molecule has 1 saturated carbocycles. The summed E-state index contributed by atoms with van der Waals surface area (Å²) in [7, 11) is 0. The zero-order valence-corrected chi connectivity index (χ0v) is 9.06. The summed E-state index contributed by atoms with van der Waals surface area (Å²) in [6.07, 6.45) is -4.27. The second kappa shape index (κ2) is 3.51. The van der Waals surface area contributed by atoms with Gasteiger partial charge in [-0.1, -0.05) is 5.10 Å². The number of hydrogen-bond donors (Lipinski definition) is 1. The third kappa shape index (κ3) is 1.95. The van der Waals surface area contributed by atoms with E-state index >= 15 is 0 Å². The number of nitrogens with one attached hydrogen (secondary N) is 1. The van der Waals surface area contributed by atoms with E-state index in [0.717, 1.165) is 0 Å². The highest BCUT2D eigenvalue weighted by molar-refractivity contribution is 6.20. The summed E-state index contributed by atoms with van der Waals surface area (Å²) in [4.78, 5) is 0. The van der Waals surface area contributed by atoms with Crippen LogP contribution in [0.1, 0.15) is 31.0 Å². The van der Waals surface area contributed by atoms with Crippen LogP contribution in [0.3, 0.4) is 0 Å². The fraction of sp³-hybridized carbons (Fsp3) is 0.750. The highest BCUT2D eigenvalue weighted by atomic mass is 35.5. The smallest absolute Gasteiger partial charge is 0.406 e. The van der Waals surface area contributed by atoms with Crippen LogP contribution in [0.5, 0.6) is 0 Å². The van der Waals surface area contributed by atoms with Crippen molar-refractivity contribution < 1.29 is 17.6 Å². The first-order valence-electron chi connectivity index (χ1n) is 4.66. The lowest BCUT2D eigenvalue weighted by Gasteiger charge is -2.18. The third-order valence-corrected chi connectivity index (χ3v) is 2.61. The molecule has 1 atom stereocenters. The highest BCUT2D eigenvalue weighted by Crippen LogP contribution is 2.51. The summed E-state index contributed by atoms with van der Waals surface area (Å²) in [5.41, 5.74) is -1.90. The fourth-order valence-corrected chi connectivity index (χ4v) is 1.34. The Morgan fingerprint density at radius 1 is 1.44 bits per heavy atom. The van der Waals surface area contributed by atoms with Gasteiger partial charge in [-0.05, 0) is 19.8 Å². The molecule has 1 N–H and O–H groups in total. The first kappa shape index (κ1) is 11.5. The van der Waals surface area contributed by atoms with Crippen molar-refractivity contribution in [2.45, 2.75) is 36.9 Å². The average Bonchev–Trinajstić information content (AvgIpc) is 2.76. The SMILES string of the molecule is CC(Cl)c1nnc(NC2(C(F)(F)F)CC2)o1. The van der Waals surface area contributed by atoms with Crippen molar-refractivity contribution in [3.8, 4) is 0 Å². The van der Waals surface area contributed by atoms with Crippen molar-refractivity contribution in [3.63, 3.8) is 0 Å². The minimum Gasteiger partial charge on any atom is -0.406 e. The maximum atomic E-state index is 12.6. The molecule has 0 radical (unpaired) electrons. The molecule has 1 aromatic rings. The molecule has 1 aliphatic carbocycles. The van der Waals surface area contributed by atoms with Gasteiger partial charge in [0, 0.05) is 0 Å². The third-order valence-electron chi connectivity index (χ3n) is 2.42. The van der Waals surface area contributed by atoms with Gasteiger partial charge in [-0.2, -0.15) is 13.2 Å². The number of halogens is 4. The molecule has 1 aliphatic rings. The van der Waals surface area contributed by atoms with Crippen molar-refractivity contribution in [3.05, 3.63) is 5.89 Å². The topological polar surface area (TPSA) is 51.0 Å². The van der Waals surface area contributed by atoms with E-state index in [1.54, 1.807) is 6.92 Å². The zero-order chi connectivity index (χ0) is 12.0. The zero-order valence-electron chi connectivity index (χ0n) is 8.31. The molecule has 4 nitrogen and oxygen atoms in total. The summed E-state index contributed by atoms with van der Waals surface area (Å²) in [5.74, 6) is 0.0992. The Hall–Kier alpha value is -0.980. The summed E-state index contributed by atoms with van der Waals surface area (Å²) in [6.45, 7) is 1.59. The number of alkyl halides is 4. The van der Waals surface area contributed by atoms with Gasteiger partial charge in [-0.3, -0.25) is 0 Å². The Balaban J connectivity index is 2.10. The lowest BCUT2D eigenvalue weighted by molar-refractivity contribution is -0.151. The minimum atomic E-state index is -4.31. The van der Waals surface area contributed by atoms with Gasteiger partial charge in [-0.25, -0.2) is 0 Å². The van der Waals surface area contributed by atoms with Crippen LogP contribution in [-0.4, -0.2) is 21.9 Å². The molecule has 2 rings (SSSR count). The summed E-state index contributed by atoms with van der Waals surface area (Å²) >= 11 is 5.65. The molecule has 1 unspecified atom stereocenters. The lowest BCUT2D eigenvalue weighted by atomic mass is 10.3. The Morgan fingerprint density at radius 2 is 2.06 bits per heavy atom. The van der Waals surface area contributed by atoms with Crippen molar-refractivity contribution in [1.29, 1.82) is 0 Å². The highest BCUT2D eigenvalue weighted by Gasteiger charge is 2.64. The molecule has 0 amide bonds. The van der Waals surface area contributed by atoms with E-state index < -0.39 is 17.1 Å². The van der Waals surface area contributed by atoms with Gasteiger partial charge in [0.15, 0.2) is 0 Å². The van der Waals surface area contributed by atoms with Gasteiger partial charge in [0.1, 0.15) is 10.9 Å². The molecule has 0 saturated heterocycles. The largest absolute Gasteiger partial charge is 0.411 e. The van der Waals surface area contributed by atoms with Crippen LogP contribution in [0.25, 0.3) is 0 Å². The average molecular weight is 256 g/mol. The molecule has 0 spiro atoms. The van der Waals surface area contributed by atoms with E-state index in [9.17, 15) is 13.2 Å². The van der Waals surface area contributed by atoms with Crippen molar-refractivity contribution >= 4 is 17.6 Å². The maximum Gasteiger partial charge on any atom is 0.411 e. The Labute approximate surface area is 94.2 Å². The van der Waals surface area contributed by atoms with Crippen LogP contribution in [0.15, 0.2) is 4.42 Å². The molecule has 0 aliphatic heterocycles. The molecule has 1 aromatic heterocycles. The monoisotopic (exact) mass is 255 g/mol. The van der Waals surface area contributed by atoms with Crippen LogP contribution >= 0.6 is 11.6 Å². The van der Waals surface area contributed by atoms with Gasteiger partial charge in [0.2, 0.25) is 5.89 Å². The number of nitrogens with zero attached hydrogens (tertiary/aromatic N) is 2. The van der Waals surface area contributed by atoms with Crippen LogP contribution in [-0.2, 0) is 0 Å². The first-order valence-corrected chi connectivity index (χ1v) is 5.10. The molecule has 0 bridgehead atoms. The van der Waals surface area contributed by atoms with Gasteiger partial charge in [-0.15, -0.1) is 16.7 Å². The van der Waals surface area contributed by atoms with E-state index in [1.807, 2.05) is 0 Å². The molecular weight excluding hydrogens is 247 g/mol. The quantitative estimate of drug-likeness (QED) is 0.844. The Kier molecular flexibility index (Phi) is 2.52. The number of rotatable bonds is 3. The first-order chi connectivity index (χ1) is 7.34. The van der Waals surface area contributed by atoms with E-state index in [-0.39, 0.29) is 24.7 Å². The summed E-state index contributed by atoms with van der Waals surface area (Å²) in [6, 6.07) is -0.239. The molecule has 16 heavy (non-hydrogen) atoms. The van der Waals surface area contributed by atoms with Crippen LogP contribution in [0, 0.1) is 0 Å². The fourth-order valence-electron chi connectivity index (χ4n) is 1.25. The predicted molar refractivity (Wildman–Crippen MR) is 50.2 cm³/mol. The minimum absolute atomic E-state index is 0.0185. The number of anilines is 1. The lowest BCUT2D eigenvalue weighted by Crippen LogP contribution is -2.38. The molecular formula is C8H9ClF3N3O. The molecule has 90 valence electrons. The predicted octanol–water partition coefficient (Wildman–Crippen LogP) is 2.88. The summed E-state index contributed by atoms with van der Waals surface area (Å²) in [5, 5.41) is 8.69. The van der Waals surface area contributed by atoms with Gasteiger partial charge in [0.05, 0.1) is 0 Å². The summed E-state index contributed by atoms with van der Waals surface area (Å²) < 4.78 is 42.7.